The fourth-order valence-electron chi connectivity index (χ4n) is 2.69. The zero-order valence-corrected chi connectivity index (χ0v) is 14.9. The lowest BCUT2D eigenvalue weighted by Gasteiger charge is -2.12. The van der Waals surface area contributed by atoms with E-state index in [4.69, 9.17) is 4.74 Å². The lowest BCUT2D eigenvalue weighted by molar-refractivity contribution is -0.137. The molecule has 0 fully saturated rings. The number of carbonyl (C=O) groups is 1. The number of amides is 1. The molecule has 0 aromatic heterocycles. The van der Waals surface area contributed by atoms with Gasteiger partial charge in [-0.15, -0.1) is 0 Å². The van der Waals surface area contributed by atoms with Crippen molar-refractivity contribution in [1.82, 2.24) is 0 Å². The molecule has 0 radical (unpaired) electrons. The van der Waals surface area contributed by atoms with Crippen molar-refractivity contribution in [3.8, 4) is 5.75 Å². The van der Waals surface area contributed by atoms with Crippen LogP contribution in [0.25, 0.3) is 0 Å². The van der Waals surface area contributed by atoms with E-state index >= 15 is 0 Å². The highest BCUT2D eigenvalue weighted by Crippen LogP contribution is 2.30. The molecule has 0 bridgehead atoms. The summed E-state index contributed by atoms with van der Waals surface area (Å²) in [6.45, 7) is -0.301. The Morgan fingerprint density at radius 1 is 0.857 bits per heavy atom. The third-order valence-electron chi connectivity index (χ3n) is 4.08. The van der Waals surface area contributed by atoms with Gasteiger partial charge in [0.05, 0.1) is 5.56 Å². The largest absolute Gasteiger partial charge is 0.484 e. The molecule has 0 aliphatic rings. The van der Waals surface area contributed by atoms with Crippen LogP contribution in [0.3, 0.4) is 0 Å². The Balaban J connectivity index is 1.59. The normalized spacial score (nSPS) is 11.1. The topological polar surface area (TPSA) is 38.3 Å². The number of nitrogens with one attached hydrogen (secondary N) is 1. The summed E-state index contributed by atoms with van der Waals surface area (Å²) in [6, 6.07) is 21.5. The summed E-state index contributed by atoms with van der Waals surface area (Å²) < 4.78 is 43.0. The van der Waals surface area contributed by atoms with Crippen LogP contribution in [-0.2, 0) is 17.4 Å². The van der Waals surface area contributed by atoms with E-state index in [2.05, 4.69) is 5.32 Å². The monoisotopic (exact) mass is 385 g/mol. The molecule has 144 valence electrons. The molecule has 3 nitrogen and oxygen atoms in total. The standard InChI is InChI=1S/C22H18F3NO2/c23-22(24,25)18-10-12-19(13-11-18)28-15-21(27)26-20-9-5-4-8-17(20)14-16-6-2-1-3-7-16/h1-13H,14-15H2,(H,26,27). The average molecular weight is 385 g/mol. The molecule has 28 heavy (non-hydrogen) atoms. The Morgan fingerprint density at radius 3 is 2.18 bits per heavy atom. The van der Waals surface area contributed by atoms with Crippen molar-refractivity contribution in [2.75, 3.05) is 11.9 Å². The Morgan fingerprint density at radius 2 is 1.50 bits per heavy atom. The molecule has 6 heteroatoms. The molecule has 0 heterocycles. The van der Waals surface area contributed by atoms with Gasteiger partial charge in [0, 0.05) is 5.69 Å². The van der Waals surface area contributed by atoms with E-state index in [0.29, 0.717) is 12.1 Å². The second-order valence-electron chi connectivity index (χ2n) is 6.18. The maximum atomic E-state index is 12.6. The number of hydrogen-bond donors (Lipinski definition) is 1. The van der Waals surface area contributed by atoms with Gasteiger partial charge < -0.3 is 10.1 Å². The number of hydrogen-bond acceptors (Lipinski definition) is 2. The van der Waals surface area contributed by atoms with Crippen LogP contribution in [-0.4, -0.2) is 12.5 Å². The van der Waals surface area contributed by atoms with Crippen LogP contribution in [0, 0.1) is 0 Å². The van der Waals surface area contributed by atoms with Crippen molar-refractivity contribution in [1.29, 1.82) is 0 Å². The zero-order valence-electron chi connectivity index (χ0n) is 14.9. The van der Waals surface area contributed by atoms with Gasteiger partial charge >= 0.3 is 6.18 Å². The summed E-state index contributed by atoms with van der Waals surface area (Å²) in [5, 5.41) is 2.79. The Hall–Kier alpha value is -3.28. The number of anilines is 1. The molecule has 0 aliphatic carbocycles. The summed E-state index contributed by atoms with van der Waals surface area (Å²) in [6.07, 6.45) is -3.74. The maximum absolute atomic E-state index is 12.6. The summed E-state index contributed by atoms with van der Waals surface area (Å²) in [4.78, 5) is 12.2. The van der Waals surface area contributed by atoms with Crippen LogP contribution < -0.4 is 10.1 Å². The second kappa shape index (κ2) is 8.61. The van der Waals surface area contributed by atoms with E-state index in [0.717, 1.165) is 23.3 Å². The lowest BCUT2D eigenvalue weighted by Crippen LogP contribution is -2.21. The fourth-order valence-corrected chi connectivity index (χ4v) is 2.69. The molecule has 0 saturated carbocycles. The van der Waals surface area contributed by atoms with E-state index < -0.39 is 11.7 Å². The highest BCUT2D eigenvalue weighted by molar-refractivity contribution is 5.92. The van der Waals surface area contributed by atoms with Crippen molar-refractivity contribution in [2.45, 2.75) is 12.6 Å². The van der Waals surface area contributed by atoms with Crippen LogP contribution in [0.5, 0.6) is 5.75 Å². The van der Waals surface area contributed by atoms with Crippen molar-refractivity contribution < 1.29 is 22.7 Å². The molecule has 3 aromatic carbocycles. The number of ether oxygens (including phenoxy) is 1. The first-order valence-electron chi connectivity index (χ1n) is 8.63. The number of rotatable bonds is 6. The van der Waals surface area contributed by atoms with Gasteiger partial charge in [0.25, 0.3) is 5.91 Å². The zero-order chi connectivity index (χ0) is 20.0. The van der Waals surface area contributed by atoms with Gasteiger partial charge in [-0.3, -0.25) is 4.79 Å². The van der Waals surface area contributed by atoms with E-state index in [-0.39, 0.29) is 18.3 Å². The molecule has 0 unspecified atom stereocenters. The van der Waals surface area contributed by atoms with Crippen LogP contribution in [0.2, 0.25) is 0 Å². The fraction of sp³-hybridized carbons (Fsp3) is 0.136. The first kappa shape index (κ1) is 19.5. The van der Waals surface area contributed by atoms with Crippen LogP contribution in [0.15, 0.2) is 78.9 Å². The molecule has 0 saturated heterocycles. The quantitative estimate of drug-likeness (QED) is 0.624. The Kier molecular flexibility index (Phi) is 5.99. The third kappa shape index (κ3) is 5.36. The first-order valence-corrected chi connectivity index (χ1v) is 8.63. The smallest absolute Gasteiger partial charge is 0.416 e. The minimum absolute atomic E-state index is 0.195. The van der Waals surface area contributed by atoms with E-state index in [1.54, 1.807) is 6.07 Å². The van der Waals surface area contributed by atoms with E-state index in [1.807, 2.05) is 48.5 Å². The Bertz CT molecular complexity index is 923. The number of halogens is 3. The van der Waals surface area contributed by atoms with Gasteiger partial charge in [-0.05, 0) is 47.9 Å². The molecule has 1 amide bonds. The molecule has 0 aliphatic heterocycles. The molecular formula is C22H18F3NO2. The number of carbonyl (C=O) groups excluding carboxylic acids is 1. The second-order valence-corrected chi connectivity index (χ2v) is 6.18. The van der Waals surface area contributed by atoms with E-state index in [9.17, 15) is 18.0 Å². The number of para-hydroxylation sites is 1. The summed E-state index contributed by atoms with van der Waals surface area (Å²) in [5.41, 5.74) is 1.98. The molecule has 0 spiro atoms. The number of alkyl halides is 3. The molecule has 3 rings (SSSR count). The molecule has 1 N–H and O–H groups in total. The van der Waals surface area contributed by atoms with Gasteiger partial charge in [0.2, 0.25) is 0 Å². The molecule has 3 aromatic rings. The van der Waals surface area contributed by atoms with Gasteiger partial charge in [-0.1, -0.05) is 48.5 Å². The lowest BCUT2D eigenvalue weighted by atomic mass is 10.0. The van der Waals surface area contributed by atoms with Crippen molar-refractivity contribution in [3.63, 3.8) is 0 Å². The van der Waals surface area contributed by atoms with Gasteiger partial charge in [-0.25, -0.2) is 0 Å². The predicted molar refractivity (Wildman–Crippen MR) is 101 cm³/mol. The third-order valence-corrected chi connectivity index (χ3v) is 4.08. The van der Waals surface area contributed by atoms with Crippen molar-refractivity contribution >= 4 is 11.6 Å². The van der Waals surface area contributed by atoms with Crippen LogP contribution in [0.1, 0.15) is 16.7 Å². The SMILES string of the molecule is O=C(COc1ccc(C(F)(F)F)cc1)Nc1ccccc1Cc1ccccc1. The summed E-state index contributed by atoms with van der Waals surface area (Å²) in [5.74, 6) is -0.193. The molecular weight excluding hydrogens is 367 g/mol. The molecule has 0 atom stereocenters. The van der Waals surface area contributed by atoms with Crippen LogP contribution >= 0.6 is 0 Å². The van der Waals surface area contributed by atoms with Gasteiger partial charge in [0.15, 0.2) is 6.61 Å². The van der Waals surface area contributed by atoms with Crippen molar-refractivity contribution in [2.24, 2.45) is 0 Å². The average Bonchev–Trinajstić information content (AvgIpc) is 2.68. The summed E-state index contributed by atoms with van der Waals surface area (Å²) in [7, 11) is 0. The number of benzene rings is 3. The minimum Gasteiger partial charge on any atom is -0.484 e. The highest BCUT2D eigenvalue weighted by atomic mass is 19.4. The van der Waals surface area contributed by atoms with Crippen LogP contribution in [0.4, 0.5) is 18.9 Å². The van der Waals surface area contributed by atoms with Crippen molar-refractivity contribution in [3.05, 3.63) is 95.6 Å². The highest BCUT2D eigenvalue weighted by Gasteiger charge is 2.30. The maximum Gasteiger partial charge on any atom is 0.416 e. The van der Waals surface area contributed by atoms with Gasteiger partial charge in [0.1, 0.15) is 5.75 Å². The minimum atomic E-state index is -4.40. The Labute approximate surface area is 160 Å². The van der Waals surface area contributed by atoms with E-state index in [1.165, 1.54) is 12.1 Å². The predicted octanol–water partition coefficient (Wildman–Crippen LogP) is 5.31. The van der Waals surface area contributed by atoms with Gasteiger partial charge in [-0.2, -0.15) is 13.2 Å². The summed E-state index contributed by atoms with van der Waals surface area (Å²) >= 11 is 0. The first-order chi connectivity index (χ1) is 13.4.